The van der Waals surface area contributed by atoms with Gasteiger partial charge in [-0.25, -0.2) is 4.39 Å². The summed E-state index contributed by atoms with van der Waals surface area (Å²) in [5, 5.41) is 0. The first-order valence-corrected chi connectivity index (χ1v) is 7.63. The van der Waals surface area contributed by atoms with Gasteiger partial charge in [-0.15, -0.1) is 0 Å². The summed E-state index contributed by atoms with van der Waals surface area (Å²) in [5.74, 6) is 0.291. The van der Waals surface area contributed by atoms with Gasteiger partial charge in [0.2, 0.25) is 0 Å². The van der Waals surface area contributed by atoms with Crippen LogP contribution in [0.1, 0.15) is 40.5 Å². The zero-order chi connectivity index (χ0) is 16.1. The van der Waals surface area contributed by atoms with E-state index in [0.29, 0.717) is 11.2 Å². The molecular weight excluding hydrogens is 286 g/mol. The van der Waals surface area contributed by atoms with Gasteiger partial charge in [-0.05, 0) is 46.6 Å². The Kier molecular flexibility index (Phi) is 3.65. The zero-order valence-electron chi connectivity index (χ0n) is 13.7. The summed E-state index contributed by atoms with van der Waals surface area (Å²) in [4.78, 5) is 0. The maximum absolute atomic E-state index is 14.8. The first-order chi connectivity index (χ1) is 10.2. The van der Waals surface area contributed by atoms with E-state index in [9.17, 15) is 4.39 Å². The van der Waals surface area contributed by atoms with Crippen molar-refractivity contribution in [1.82, 2.24) is 0 Å². The molecule has 0 spiro atoms. The molecular formula is C16H22BFO4. The van der Waals surface area contributed by atoms with E-state index < -0.39 is 24.1 Å². The van der Waals surface area contributed by atoms with E-state index in [1.54, 1.807) is 19.2 Å². The summed E-state index contributed by atoms with van der Waals surface area (Å²) in [5.41, 5.74) is -0.733. The van der Waals surface area contributed by atoms with Crippen LogP contribution in [0.2, 0.25) is 0 Å². The molecule has 1 aromatic rings. The number of rotatable bonds is 4. The Labute approximate surface area is 131 Å². The number of ether oxygens (including phenoxy) is 2. The first-order valence-electron chi connectivity index (χ1n) is 7.63. The van der Waals surface area contributed by atoms with Crippen LogP contribution in [0.15, 0.2) is 12.1 Å². The molecule has 22 heavy (non-hydrogen) atoms. The summed E-state index contributed by atoms with van der Waals surface area (Å²) >= 11 is 0. The molecule has 3 rings (SSSR count). The lowest BCUT2D eigenvalue weighted by atomic mass is 9.78. The molecule has 1 aromatic carbocycles. The summed E-state index contributed by atoms with van der Waals surface area (Å²) in [6.45, 7) is 7.75. The molecule has 2 fully saturated rings. The Hall–Kier alpha value is -1.27. The Morgan fingerprint density at radius 1 is 1.14 bits per heavy atom. The van der Waals surface area contributed by atoms with Crippen LogP contribution in [0.25, 0.3) is 0 Å². The number of hydrogen-bond acceptors (Lipinski definition) is 4. The van der Waals surface area contributed by atoms with E-state index in [1.807, 2.05) is 27.7 Å². The van der Waals surface area contributed by atoms with E-state index in [0.717, 1.165) is 12.8 Å². The van der Waals surface area contributed by atoms with Crippen LogP contribution in [-0.4, -0.2) is 31.5 Å². The normalized spacial score (nSPS) is 22.7. The molecule has 120 valence electrons. The van der Waals surface area contributed by atoms with Crippen LogP contribution < -0.4 is 14.9 Å². The van der Waals surface area contributed by atoms with Crippen molar-refractivity contribution in [3.63, 3.8) is 0 Å². The maximum Gasteiger partial charge on any atom is 0.498 e. The smallest absolute Gasteiger partial charge is 0.497 e. The molecule has 1 saturated heterocycles. The molecule has 1 aliphatic heterocycles. The van der Waals surface area contributed by atoms with Crippen molar-refractivity contribution in [2.24, 2.45) is 0 Å². The van der Waals surface area contributed by atoms with Gasteiger partial charge in [0, 0.05) is 11.5 Å². The molecule has 0 bridgehead atoms. The summed E-state index contributed by atoms with van der Waals surface area (Å²) in [6.07, 6.45) is 2.03. The van der Waals surface area contributed by atoms with Crippen molar-refractivity contribution < 1.29 is 23.2 Å². The molecule has 1 saturated carbocycles. The Morgan fingerprint density at radius 3 is 2.23 bits per heavy atom. The van der Waals surface area contributed by atoms with Crippen molar-refractivity contribution in [3.05, 3.63) is 17.9 Å². The minimum atomic E-state index is -0.776. The predicted molar refractivity (Wildman–Crippen MR) is 82.3 cm³/mol. The highest BCUT2D eigenvalue weighted by Gasteiger charge is 2.52. The summed E-state index contributed by atoms with van der Waals surface area (Å²) in [7, 11) is 0.768. The molecule has 1 aliphatic carbocycles. The second kappa shape index (κ2) is 5.13. The molecule has 1 heterocycles. The number of halogens is 1. The van der Waals surface area contributed by atoms with Crippen molar-refractivity contribution in [3.8, 4) is 11.5 Å². The van der Waals surface area contributed by atoms with Crippen molar-refractivity contribution in [1.29, 1.82) is 0 Å². The highest BCUT2D eigenvalue weighted by Crippen LogP contribution is 2.38. The molecule has 4 nitrogen and oxygen atoms in total. The second-order valence-corrected chi connectivity index (χ2v) is 6.93. The Bertz CT molecular complexity index is 568. The van der Waals surface area contributed by atoms with E-state index in [1.165, 1.54) is 0 Å². The van der Waals surface area contributed by atoms with E-state index in [4.69, 9.17) is 18.8 Å². The maximum atomic E-state index is 14.8. The highest BCUT2D eigenvalue weighted by atomic mass is 19.1. The minimum absolute atomic E-state index is 0.104. The van der Waals surface area contributed by atoms with E-state index in [-0.39, 0.29) is 11.9 Å². The van der Waals surface area contributed by atoms with Gasteiger partial charge in [-0.3, -0.25) is 0 Å². The third-order valence-corrected chi connectivity index (χ3v) is 4.60. The van der Waals surface area contributed by atoms with E-state index >= 15 is 0 Å². The SMILES string of the molecule is COc1cc(OC2CC2)c(F)c(B2OC(C)(C)C(C)(C)O2)c1. The molecule has 0 radical (unpaired) electrons. The number of hydrogen-bond donors (Lipinski definition) is 0. The average Bonchev–Trinajstić information content (AvgIpc) is 3.19. The van der Waals surface area contributed by atoms with Gasteiger partial charge in [0.15, 0.2) is 11.6 Å². The lowest BCUT2D eigenvalue weighted by Gasteiger charge is -2.32. The number of methoxy groups -OCH3 is 1. The Morgan fingerprint density at radius 2 is 1.73 bits per heavy atom. The highest BCUT2D eigenvalue weighted by molar-refractivity contribution is 6.62. The van der Waals surface area contributed by atoms with Gasteiger partial charge < -0.3 is 18.8 Å². The largest absolute Gasteiger partial charge is 0.498 e. The molecule has 2 aliphatic rings. The van der Waals surface area contributed by atoms with Crippen LogP contribution in [-0.2, 0) is 9.31 Å². The monoisotopic (exact) mass is 308 g/mol. The van der Waals surface area contributed by atoms with Crippen LogP contribution in [0.4, 0.5) is 4.39 Å². The summed E-state index contributed by atoms with van der Waals surface area (Å²) < 4.78 is 37.6. The van der Waals surface area contributed by atoms with Crippen molar-refractivity contribution in [2.75, 3.05) is 7.11 Å². The van der Waals surface area contributed by atoms with Gasteiger partial charge >= 0.3 is 7.12 Å². The lowest BCUT2D eigenvalue weighted by Crippen LogP contribution is -2.41. The van der Waals surface area contributed by atoms with E-state index in [2.05, 4.69) is 0 Å². The number of benzene rings is 1. The molecule has 6 heteroatoms. The third-order valence-electron chi connectivity index (χ3n) is 4.60. The first kappa shape index (κ1) is 15.6. The van der Waals surface area contributed by atoms with Crippen LogP contribution >= 0.6 is 0 Å². The molecule has 0 N–H and O–H groups in total. The van der Waals surface area contributed by atoms with Crippen molar-refractivity contribution in [2.45, 2.75) is 57.8 Å². The fourth-order valence-electron chi connectivity index (χ4n) is 2.30. The zero-order valence-corrected chi connectivity index (χ0v) is 13.7. The van der Waals surface area contributed by atoms with Crippen molar-refractivity contribution >= 4 is 12.6 Å². The molecule has 0 atom stereocenters. The van der Waals surface area contributed by atoms with Gasteiger partial charge in [0.1, 0.15) is 5.75 Å². The summed E-state index contributed by atoms with van der Waals surface area (Å²) in [6, 6.07) is 3.18. The van der Waals surface area contributed by atoms with Gasteiger partial charge in [0.05, 0.1) is 24.4 Å². The van der Waals surface area contributed by atoms with Crippen LogP contribution in [0.5, 0.6) is 11.5 Å². The van der Waals surface area contributed by atoms with Gasteiger partial charge in [-0.1, -0.05) is 0 Å². The third kappa shape index (κ3) is 2.70. The molecule has 0 unspecified atom stereocenters. The van der Waals surface area contributed by atoms with Crippen LogP contribution in [0, 0.1) is 5.82 Å². The quantitative estimate of drug-likeness (QED) is 0.802. The predicted octanol–water partition coefficient (Wildman–Crippen LogP) is 2.67. The standard InChI is InChI=1S/C16H22BFO4/c1-15(2)16(3,4)22-17(21-15)12-8-11(19-5)9-13(14(12)18)20-10-6-7-10/h8-10H,6-7H2,1-5H3. The second-order valence-electron chi connectivity index (χ2n) is 6.93. The average molecular weight is 308 g/mol. The van der Waals surface area contributed by atoms with Gasteiger partial charge in [-0.2, -0.15) is 0 Å². The molecule has 0 aromatic heterocycles. The Balaban J connectivity index is 1.96. The molecule has 0 amide bonds. The van der Waals surface area contributed by atoms with Crippen LogP contribution in [0.3, 0.4) is 0 Å². The topological polar surface area (TPSA) is 36.9 Å². The minimum Gasteiger partial charge on any atom is -0.497 e. The fourth-order valence-corrected chi connectivity index (χ4v) is 2.30. The lowest BCUT2D eigenvalue weighted by molar-refractivity contribution is 0.00578. The van der Waals surface area contributed by atoms with Gasteiger partial charge in [0.25, 0.3) is 0 Å². The fraction of sp³-hybridized carbons (Fsp3) is 0.625.